The zero-order valence-electron chi connectivity index (χ0n) is 17.6. The molecule has 1 fully saturated rings. The van der Waals surface area contributed by atoms with E-state index in [0.29, 0.717) is 29.6 Å². The summed E-state index contributed by atoms with van der Waals surface area (Å²) in [4.78, 5) is 44.3. The number of piperidine rings is 1. The predicted molar refractivity (Wildman–Crippen MR) is 113 cm³/mol. The Morgan fingerprint density at radius 1 is 1.10 bits per heavy atom. The number of hydrogen-bond acceptors (Lipinski definition) is 5. The number of amides is 1. The third-order valence-electron chi connectivity index (χ3n) is 6.25. The first kappa shape index (κ1) is 20.6. The van der Waals surface area contributed by atoms with Crippen LogP contribution in [-0.2, 0) is 22.5 Å². The first-order chi connectivity index (χ1) is 14.5. The molecular formula is C23H29N3O4. The Hall–Kier alpha value is -2.70. The van der Waals surface area contributed by atoms with Gasteiger partial charge in [0.05, 0.1) is 16.5 Å². The van der Waals surface area contributed by atoms with E-state index in [-0.39, 0.29) is 24.1 Å². The van der Waals surface area contributed by atoms with E-state index >= 15 is 0 Å². The molecule has 1 aromatic heterocycles. The maximum atomic E-state index is 12.9. The number of likely N-dealkylation sites (tertiary alicyclic amines) is 1. The van der Waals surface area contributed by atoms with Crippen LogP contribution in [0.25, 0.3) is 10.9 Å². The van der Waals surface area contributed by atoms with Crippen molar-refractivity contribution >= 4 is 22.8 Å². The smallest absolute Gasteiger partial charge is 0.338 e. The van der Waals surface area contributed by atoms with Crippen LogP contribution in [0.3, 0.4) is 0 Å². The molecule has 4 rings (SSSR count). The summed E-state index contributed by atoms with van der Waals surface area (Å²) in [5, 5.41) is 0.508. The average Bonchev–Trinajstić information content (AvgIpc) is 2.73. The number of nitrogens with zero attached hydrogens (tertiary/aromatic N) is 3. The molecule has 0 spiro atoms. The van der Waals surface area contributed by atoms with Gasteiger partial charge in [0, 0.05) is 25.6 Å². The van der Waals surface area contributed by atoms with Crippen molar-refractivity contribution < 1.29 is 14.3 Å². The highest BCUT2D eigenvalue weighted by molar-refractivity contribution is 5.95. The van der Waals surface area contributed by atoms with Crippen LogP contribution in [0.15, 0.2) is 23.0 Å². The van der Waals surface area contributed by atoms with Crippen molar-refractivity contribution in [2.45, 2.75) is 70.9 Å². The van der Waals surface area contributed by atoms with Gasteiger partial charge < -0.3 is 9.64 Å². The highest BCUT2D eigenvalue weighted by Gasteiger charge is 2.24. The van der Waals surface area contributed by atoms with Gasteiger partial charge in [-0.3, -0.25) is 14.2 Å². The minimum Gasteiger partial charge on any atom is -0.452 e. The Morgan fingerprint density at radius 3 is 2.73 bits per heavy atom. The van der Waals surface area contributed by atoms with E-state index in [1.54, 1.807) is 27.7 Å². The number of carbonyl (C=O) groups is 2. The second kappa shape index (κ2) is 8.98. The minimum absolute atomic E-state index is 0.0499. The number of aromatic nitrogens is 2. The van der Waals surface area contributed by atoms with Crippen LogP contribution in [0.2, 0.25) is 0 Å². The van der Waals surface area contributed by atoms with E-state index in [1.165, 1.54) is 0 Å². The fraction of sp³-hybridized carbons (Fsp3) is 0.565. The maximum Gasteiger partial charge on any atom is 0.338 e. The van der Waals surface area contributed by atoms with Gasteiger partial charge in [0.25, 0.3) is 11.5 Å². The van der Waals surface area contributed by atoms with E-state index in [2.05, 4.69) is 4.98 Å². The first-order valence-corrected chi connectivity index (χ1v) is 11.0. The molecule has 30 heavy (non-hydrogen) atoms. The van der Waals surface area contributed by atoms with E-state index in [9.17, 15) is 14.4 Å². The lowest BCUT2D eigenvalue weighted by molar-refractivity contribution is -0.137. The van der Waals surface area contributed by atoms with Crippen LogP contribution in [0.1, 0.15) is 68.1 Å². The summed E-state index contributed by atoms with van der Waals surface area (Å²) >= 11 is 0. The number of benzene rings is 1. The van der Waals surface area contributed by atoms with Crippen LogP contribution in [-0.4, -0.2) is 45.5 Å². The third-order valence-corrected chi connectivity index (χ3v) is 6.25. The topological polar surface area (TPSA) is 81.5 Å². The molecule has 2 aliphatic rings. The van der Waals surface area contributed by atoms with Gasteiger partial charge >= 0.3 is 5.97 Å². The van der Waals surface area contributed by atoms with E-state index in [1.807, 2.05) is 6.92 Å². The van der Waals surface area contributed by atoms with Gasteiger partial charge in [-0.2, -0.15) is 0 Å². The lowest BCUT2D eigenvalue weighted by Gasteiger charge is -2.33. The molecule has 0 N–H and O–H groups in total. The number of aryl methyl sites for hydroxylation is 1. The van der Waals surface area contributed by atoms with Gasteiger partial charge in [0.1, 0.15) is 5.82 Å². The van der Waals surface area contributed by atoms with Crippen LogP contribution in [0.4, 0.5) is 0 Å². The zero-order chi connectivity index (χ0) is 21.1. The molecule has 2 aliphatic heterocycles. The summed E-state index contributed by atoms with van der Waals surface area (Å²) in [6, 6.07) is 5.01. The van der Waals surface area contributed by atoms with Crippen molar-refractivity contribution in [2.75, 3.05) is 13.2 Å². The van der Waals surface area contributed by atoms with E-state index in [4.69, 9.17) is 4.74 Å². The fourth-order valence-electron chi connectivity index (χ4n) is 4.48. The molecule has 0 unspecified atom stereocenters. The Balaban J connectivity index is 1.51. The standard InChI is InChI=1S/C23H29N3O4/c1-16-8-5-7-12-25(16)21(27)15-30-23(29)17-10-11-18-19(14-17)24-20-9-4-2-3-6-13-26(20)22(18)28/h10-11,14,16H,2-9,12-13,15H2,1H3/t16-/m1/s1. The van der Waals surface area contributed by atoms with Crippen molar-refractivity contribution in [3.05, 3.63) is 39.9 Å². The molecule has 3 heterocycles. The largest absolute Gasteiger partial charge is 0.452 e. The predicted octanol–water partition coefficient (Wildman–Crippen LogP) is 3.07. The van der Waals surface area contributed by atoms with Crippen LogP contribution < -0.4 is 5.56 Å². The average molecular weight is 412 g/mol. The first-order valence-electron chi connectivity index (χ1n) is 11.0. The quantitative estimate of drug-likeness (QED) is 0.725. The van der Waals surface area contributed by atoms with Crippen LogP contribution >= 0.6 is 0 Å². The summed E-state index contributed by atoms with van der Waals surface area (Å²) in [6.45, 7) is 3.17. The van der Waals surface area contributed by atoms with Crippen molar-refractivity contribution in [2.24, 2.45) is 0 Å². The highest BCUT2D eigenvalue weighted by atomic mass is 16.5. The number of ether oxygens (including phenoxy) is 1. The number of fused-ring (bicyclic) bond motifs is 2. The third kappa shape index (κ3) is 4.25. The summed E-state index contributed by atoms with van der Waals surface area (Å²) in [5.41, 5.74) is 0.771. The summed E-state index contributed by atoms with van der Waals surface area (Å²) < 4.78 is 7.05. The van der Waals surface area contributed by atoms with Gasteiger partial charge in [-0.1, -0.05) is 12.8 Å². The molecule has 1 amide bonds. The van der Waals surface area contributed by atoms with Crippen molar-refractivity contribution in [3.8, 4) is 0 Å². The second-order valence-electron chi connectivity index (χ2n) is 8.39. The Morgan fingerprint density at radius 2 is 1.90 bits per heavy atom. The molecule has 1 aromatic carbocycles. The SMILES string of the molecule is C[C@@H]1CCCCN1C(=O)COC(=O)c1ccc2c(=O)n3c(nc2c1)CCCCCC3. The molecule has 160 valence electrons. The van der Waals surface area contributed by atoms with Crippen molar-refractivity contribution in [3.63, 3.8) is 0 Å². The summed E-state index contributed by atoms with van der Waals surface area (Å²) in [7, 11) is 0. The molecule has 0 bridgehead atoms. The maximum absolute atomic E-state index is 12.9. The Labute approximate surface area is 176 Å². The molecule has 0 saturated carbocycles. The van der Waals surface area contributed by atoms with E-state index in [0.717, 1.165) is 57.2 Å². The fourth-order valence-corrected chi connectivity index (χ4v) is 4.48. The summed E-state index contributed by atoms with van der Waals surface area (Å²) in [5.74, 6) is 0.0598. The van der Waals surface area contributed by atoms with Crippen LogP contribution in [0, 0.1) is 0 Å². The van der Waals surface area contributed by atoms with Gasteiger partial charge in [-0.15, -0.1) is 0 Å². The molecule has 7 nitrogen and oxygen atoms in total. The van der Waals surface area contributed by atoms with E-state index < -0.39 is 5.97 Å². The van der Waals surface area contributed by atoms with Crippen molar-refractivity contribution in [1.82, 2.24) is 14.5 Å². The molecule has 2 aromatic rings. The minimum atomic E-state index is -0.566. The lowest BCUT2D eigenvalue weighted by Crippen LogP contribution is -2.44. The van der Waals surface area contributed by atoms with Gasteiger partial charge in [-0.25, -0.2) is 9.78 Å². The second-order valence-corrected chi connectivity index (χ2v) is 8.39. The van der Waals surface area contributed by atoms with Crippen LogP contribution in [0.5, 0.6) is 0 Å². The molecule has 1 saturated heterocycles. The lowest BCUT2D eigenvalue weighted by atomic mass is 10.0. The molecule has 0 aliphatic carbocycles. The zero-order valence-corrected chi connectivity index (χ0v) is 17.6. The molecule has 7 heteroatoms. The van der Waals surface area contributed by atoms with Gasteiger partial charge in [-0.05, 0) is 57.2 Å². The number of esters is 1. The number of carbonyl (C=O) groups excluding carboxylic acids is 2. The van der Waals surface area contributed by atoms with Crippen molar-refractivity contribution in [1.29, 1.82) is 0 Å². The highest BCUT2D eigenvalue weighted by Crippen LogP contribution is 2.18. The monoisotopic (exact) mass is 411 g/mol. The summed E-state index contributed by atoms with van der Waals surface area (Å²) in [6.07, 6.45) is 8.12. The van der Waals surface area contributed by atoms with Gasteiger partial charge in [0.15, 0.2) is 6.61 Å². The van der Waals surface area contributed by atoms with Gasteiger partial charge in [0.2, 0.25) is 0 Å². The molecule has 1 atom stereocenters. The Bertz CT molecular complexity index is 1010. The number of hydrogen-bond donors (Lipinski definition) is 0. The molecular weight excluding hydrogens is 382 g/mol. The normalized spacial score (nSPS) is 19.6. The number of rotatable bonds is 3. The Kier molecular flexibility index (Phi) is 6.16. The molecule has 0 radical (unpaired) electrons.